The second kappa shape index (κ2) is 8.13. The van der Waals surface area contributed by atoms with Gasteiger partial charge in [0.25, 0.3) is 11.6 Å². The van der Waals surface area contributed by atoms with Crippen molar-refractivity contribution in [3.05, 3.63) is 64.0 Å². The van der Waals surface area contributed by atoms with E-state index in [1.54, 1.807) is 18.2 Å². The molecule has 3 rings (SSSR count). The number of carbonyl (C=O) groups is 1. The SMILES string of the molecule is COc1ccc([N+](=O)[O-])cc1NC(=O)C[NH+](Cc1ccccc1F)C1CC1. The van der Waals surface area contributed by atoms with Crippen molar-refractivity contribution in [3.8, 4) is 5.75 Å². The lowest BCUT2D eigenvalue weighted by Gasteiger charge is -2.19. The number of benzene rings is 2. The topological polar surface area (TPSA) is 85.9 Å². The molecule has 1 fully saturated rings. The lowest BCUT2D eigenvalue weighted by Crippen LogP contribution is -3.13. The highest BCUT2D eigenvalue weighted by atomic mass is 19.1. The first kappa shape index (κ1) is 18.8. The first-order chi connectivity index (χ1) is 13.0. The third-order valence-electron chi connectivity index (χ3n) is 4.59. The normalized spacial score (nSPS) is 14.4. The van der Waals surface area contributed by atoms with Gasteiger partial charge in [0.1, 0.15) is 18.1 Å². The van der Waals surface area contributed by atoms with Crippen LogP contribution in [0.2, 0.25) is 0 Å². The molecular weight excluding hydrogens is 353 g/mol. The Bertz CT molecular complexity index is 855. The highest BCUT2D eigenvalue weighted by Gasteiger charge is 2.35. The van der Waals surface area contributed by atoms with Crippen molar-refractivity contribution in [2.24, 2.45) is 0 Å². The van der Waals surface area contributed by atoms with Crippen LogP contribution in [-0.2, 0) is 11.3 Å². The van der Waals surface area contributed by atoms with E-state index in [2.05, 4.69) is 5.32 Å². The van der Waals surface area contributed by atoms with Crippen molar-refractivity contribution >= 4 is 17.3 Å². The largest absolute Gasteiger partial charge is 0.495 e. The van der Waals surface area contributed by atoms with E-state index in [9.17, 15) is 19.3 Å². The van der Waals surface area contributed by atoms with Gasteiger partial charge in [0.05, 0.1) is 23.8 Å². The number of hydrogen-bond donors (Lipinski definition) is 2. The van der Waals surface area contributed by atoms with Gasteiger partial charge in [-0.25, -0.2) is 4.39 Å². The summed E-state index contributed by atoms with van der Waals surface area (Å²) in [6.07, 6.45) is 1.99. The number of methoxy groups -OCH3 is 1. The smallest absolute Gasteiger partial charge is 0.279 e. The number of nitro groups is 1. The Morgan fingerprint density at radius 2 is 2.07 bits per heavy atom. The van der Waals surface area contributed by atoms with Crippen molar-refractivity contribution in [1.29, 1.82) is 0 Å². The zero-order valence-corrected chi connectivity index (χ0v) is 14.9. The third kappa shape index (κ3) is 4.79. The third-order valence-corrected chi connectivity index (χ3v) is 4.59. The van der Waals surface area contributed by atoms with Gasteiger partial charge >= 0.3 is 0 Å². The van der Waals surface area contributed by atoms with Crippen LogP contribution in [0.4, 0.5) is 15.8 Å². The minimum Gasteiger partial charge on any atom is -0.495 e. The molecule has 1 unspecified atom stereocenters. The van der Waals surface area contributed by atoms with Gasteiger partial charge in [0, 0.05) is 30.5 Å². The van der Waals surface area contributed by atoms with Gasteiger partial charge in [0.2, 0.25) is 0 Å². The van der Waals surface area contributed by atoms with Crippen LogP contribution in [-0.4, -0.2) is 30.5 Å². The summed E-state index contributed by atoms with van der Waals surface area (Å²) in [5, 5.41) is 13.6. The molecule has 0 aliphatic heterocycles. The van der Waals surface area contributed by atoms with E-state index >= 15 is 0 Å². The Kier molecular flexibility index (Phi) is 5.66. The van der Waals surface area contributed by atoms with Crippen LogP contribution in [0.3, 0.4) is 0 Å². The fourth-order valence-corrected chi connectivity index (χ4v) is 3.04. The summed E-state index contributed by atoms with van der Waals surface area (Å²) in [6, 6.07) is 10.9. The quantitative estimate of drug-likeness (QED) is 0.546. The minimum atomic E-state index is -0.533. The Hall–Kier alpha value is -3.00. The second-order valence-electron chi connectivity index (χ2n) is 6.57. The maximum atomic E-state index is 13.9. The molecule has 0 aromatic heterocycles. The number of non-ortho nitro benzene ring substituents is 1. The molecule has 142 valence electrons. The molecule has 2 N–H and O–H groups in total. The van der Waals surface area contributed by atoms with E-state index in [0.717, 1.165) is 17.7 Å². The van der Waals surface area contributed by atoms with Crippen LogP contribution in [0.25, 0.3) is 0 Å². The van der Waals surface area contributed by atoms with Gasteiger partial charge in [0.15, 0.2) is 6.54 Å². The maximum Gasteiger partial charge on any atom is 0.279 e. The molecule has 0 spiro atoms. The van der Waals surface area contributed by atoms with Crippen LogP contribution >= 0.6 is 0 Å². The Balaban J connectivity index is 1.71. The molecule has 2 aromatic rings. The molecular formula is C19H21FN3O4+. The zero-order chi connectivity index (χ0) is 19.4. The van der Waals surface area contributed by atoms with Gasteiger partial charge in [-0.2, -0.15) is 0 Å². The summed E-state index contributed by atoms with van der Waals surface area (Å²) in [6.45, 7) is 0.557. The number of rotatable bonds is 8. The predicted octanol–water partition coefficient (Wildman–Crippen LogP) is 1.93. The number of anilines is 1. The predicted molar refractivity (Wildman–Crippen MR) is 97.2 cm³/mol. The van der Waals surface area contributed by atoms with Gasteiger partial charge in [-0.1, -0.05) is 18.2 Å². The minimum absolute atomic E-state index is 0.135. The van der Waals surface area contributed by atoms with Gasteiger partial charge in [-0.3, -0.25) is 14.9 Å². The summed E-state index contributed by atoms with van der Waals surface area (Å²) >= 11 is 0. The fraction of sp³-hybridized carbons (Fsp3) is 0.316. The van der Waals surface area contributed by atoms with E-state index < -0.39 is 4.92 Å². The molecule has 7 nitrogen and oxygen atoms in total. The molecule has 1 aliphatic rings. The Labute approximate surface area is 155 Å². The number of nitro benzene ring substituents is 1. The van der Waals surface area contributed by atoms with Crippen molar-refractivity contribution < 1.29 is 23.7 Å². The summed E-state index contributed by atoms with van der Waals surface area (Å²) in [7, 11) is 1.43. The van der Waals surface area contributed by atoms with E-state index in [1.807, 2.05) is 0 Å². The zero-order valence-electron chi connectivity index (χ0n) is 14.9. The van der Waals surface area contributed by atoms with Gasteiger partial charge < -0.3 is 15.0 Å². The van der Waals surface area contributed by atoms with Crippen LogP contribution in [0.15, 0.2) is 42.5 Å². The molecule has 0 heterocycles. The Morgan fingerprint density at radius 1 is 1.33 bits per heavy atom. The first-order valence-corrected chi connectivity index (χ1v) is 8.68. The van der Waals surface area contributed by atoms with Crippen LogP contribution in [0.5, 0.6) is 5.75 Å². The molecule has 0 bridgehead atoms. The van der Waals surface area contributed by atoms with E-state index in [-0.39, 0.29) is 29.6 Å². The Morgan fingerprint density at radius 3 is 2.70 bits per heavy atom. The highest BCUT2D eigenvalue weighted by molar-refractivity contribution is 5.93. The first-order valence-electron chi connectivity index (χ1n) is 8.68. The number of nitrogens with zero attached hydrogens (tertiary/aromatic N) is 1. The van der Waals surface area contributed by atoms with Crippen molar-refractivity contribution in [1.82, 2.24) is 0 Å². The van der Waals surface area contributed by atoms with Gasteiger partial charge in [-0.05, 0) is 12.1 Å². The average Bonchev–Trinajstić information content (AvgIpc) is 3.48. The van der Waals surface area contributed by atoms with E-state index in [4.69, 9.17) is 4.74 Å². The number of nitrogens with one attached hydrogen (secondary N) is 2. The van der Waals surface area contributed by atoms with Crippen LogP contribution in [0, 0.1) is 15.9 Å². The van der Waals surface area contributed by atoms with E-state index in [1.165, 1.54) is 31.4 Å². The van der Waals surface area contributed by atoms with Crippen LogP contribution < -0.4 is 15.0 Å². The number of carbonyl (C=O) groups excluding carboxylic acids is 1. The molecule has 0 saturated heterocycles. The lowest BCUT2D eigenvalue weighted by atomic mass is 10.2. The fourth-order valence-electron chi connectivity index (χ4n) is 3.04. The average molecular weight is 374 g/mol. The molecule has 2 aromatic carbocycles. The molecule has 8 heteroatoms. The maximum absolute atomic E-state index is 13.9. The standard InChI is InChI=1S/C19H20FN3O4/c1-27-18-9-8-15(23(25)26)10-17(18)21-19(24)12-22(14-6-7-14)11-13-4-2-3-5-16(13)20/h2-5,8-10,14H,6-7,11-12H2,1H3,(H,21,24)/p+1. The van der Waals surface area contributed by atoms with Crippen molar-refractivity contribution in [3.63, 3.8) is 0 Å². The molecule has 1 amide bonds. The molecule has 0 radical (unpaired) electrons. The molecule has 1 aliphatic carbocycles. The summed E-state index contributed by atoms with van der Waals surface area (Å²) in [4.78, 5) is 23.9. The second-order valence-corrected chi connectivity index (χ2v) is 6.57. The van der Waals surface area contributed by atoms with Crippen molar-refractivity contribution in [2.45, 2.75) is 25.4 Å². The molecule has 27 heavy (non-hydrogen) atoms. The highest BCUT2D eigenvalue weighted by Crippen LogP contribution is 2.28. The summed E-state index contributed by atoms with van der Waals surface area (Å²) in [5.41, 5.74) is 0.682. The monoisotopic (exact) mass is 374 g/mol. The summed E-state index contributed by atoms with van der Waals surface area (Å²) in [5.74, 6) is -0.237. The summed E-state index contributed by atoms with van der Waals surface area (Å²) < 4.78 is 19.1. The molecule has 1 atom stereocenters. The number of quaternary nitrogens is 1. The van der Waals surface area contributed by atoms with E-state index in [0.29, 0.717) is 23.9 Å². The van der Waals surface area contributed by atoms with Gasteiger partial charge in [-0.15, -0.1) is 0 Å². The number of halogens is 1. The number of hydrogen-bond acceptors (Lipinski definition) is 4. The lowest BCUT2D eigenvalue weighted by molar-refractivity contribution is -0.917. The molecule has 1 saturated carbocycles. The number of ether oxygens (including phenoxy) is 1. The number of amides is 1. The van der Waals surface area contributed by atoms with Crippen LogP contribution in [0.1, 0.15) is 18.4 Å². The van der Waals surface area contributed by atoms with Crippen molar-refractivity contribution in [2.75, 3.05) is 19.0 Å².